The molecule has 0 spiro atoms. The highest BCUT2D eigenvalue weighted by atomic mass is 19.1. The van der Waals surface area contributed by atoms with Crippen molar-refractivity contribution in [2.75, 3.05) is 0 Å². The van der Waals surface area contributed by atoms with E-state index >= 15 is 0 Å². The van der Waals surface area contributed by atoms with Gasteiger partial charge in [0.15, 0.2) is 0 Å². The first-order chi connectivity index (χ1) is 9.47. The molecule has 0 unspecified atom stereocenters. The Morgan fingerprint density at radius 3 is 2.45 bits per heavy atom. The van der Waals surface area contributed by atoms with Crippen LogP contribution in [0.25, 0.3) is 11.1 Å². The zero-order chi connectivity index (χ0) is 14.7. The minimum absolute atomic E-state index is 0.269. The predicted octanol–water partition coefficient (Wildman–Crippen LogP) is 4.44. The van der Waals surface area contributed by atoms with Crippen molar-refractivity contribution < 1.29 is 8.78 Å². The van der Waals surface area contributed by atoms with Gasteiger partial charge < -0.3 is 5.32 Å². The van der Waals surface area contributed by atoms with Crippen molar-refractivity contribution in [1.29, 1.82) is 0 Å². The highest BCUT2D eigenvalue weighted by Gasteiger charge is 2.09. The molecule has 1 N–H and O–H groups in total. The quantitative estimate of drug-likeness (QED) is 0.870. The van der Waals surface area contributed by atoms with Gasteiger partial charge in [-0.15, -0.1) is 0 Å². The van der Waals surface area contributed by atoms with Crippen molar-refractivity contribution in [2.24, 2.45) is 0 Å². The maximum absolute atomic E-state index is 13.7. The van der Waals surface area contributed by atoms with Crippen molar-refractivity contribution in [1.82, 2.24) is 5.32 Å². The molecule has 0 amide bonds. The molecule has 0 saturated carbocycles. The summed E-state index contributed by atoms with van der Waals surface area (Å²) in [6.07, 6.45) is 0. The van der Waals surface area contributed by atoms with Crippen LogP contribution in [0.2, 0.25) is 0 Å². The lowest BCUT2D eigenvalue weighted by atomic mass is 9.98. The van der Waals surface area contributed by atoms with Crippen molar-refractivity contribution in [3.05, 3.63) is 59.2 Å². The first-order valence-electron chi connectivity index (χ1n) is 6.75. The molecule has 0 saturated heterocycles. The average Bonchev–Trinajstić information content (AvgIpc) is 2.40. The summed E-state index contributed by atoms with van der Waals surface area (Å²) < 4.78 is 27.2. The molecule has 106 valence electrons. The molecule has 0 aliphatic rings. The van der Waals surface area contributed by atoms with Gasteiger partial charge in [0.05, 0.1) is 0 Å². The van der Waals surface area contributed by atoms with E-state index < -0.39 is 0 Å². The van der Waals surface area contributed by atoms with E-state index in [0.29, 0.717) is 23.7 Å². The van der Waals surface area contributed by atoms with Crippen LogP contribution in [0, 0.1) is 18.6 Å². The predicted molar refractivity (Wildman–Crippen MR) is 78.5 cm³/mol. The highest BCUT2D eigenvalue weighted by molar-refractivity contribution is 5.67. The van der Waals surface area contributed by atoms with E-state index in [2.05, 4.69) is 19.2 Å². The second-order valence-electron chi connectivity index (χ2n) is 5.30. The standard InChI is InChI=1S/C17H19F2N/c1-11(2)20-10-14-6-7-15(18)9-16(14)13-5-4-12(3)17(19)8-13/h4-9,11,20H,10H2,1-3H3. The molecule has 0 aliphatic heterocycles. The Morgan fingerprint density at radius 2 is 1.80 bits per heavy atom. The van der Waals surface area contributed by atoms with E-state index in [-0.39, 0.29) is 11.6 Å². The van der Waals surface area contributed by atoms with Gasteiger partial charge in [-0.25, -0.2) is 8.78 Å². The molecule has 2 aromatic carbocycles. The van der Waals surface area contributed by atoms with Gasteiger partial charge in [0.2, 0.25) is 0 Å². The summed E-state index contributed by atoms with van der Waals surface area (Å²) in [6.45, 7) is 6.44. The summed E-state index contributed by atoms with van der Waals surface area (Å²) in [7, 11) is 0. The zero-order valence-electron chi connectivity index (χ0n) is 12.0. The largest absolute Gasteiger partial charge is 0.310 e. The molecule has 0 aliphatic carbocycles. The van der Waals surface area contributed by atoms with E-state index in [1.165, 1.54) is 18.2 Å². The summed E-state index contributed by atoms with van der Waals surface area (Å²) in [4.78, 5) is 0. The van der Waals surface area contributed by atoms with E-state index in [9.17, 15) is 8.78 Å². The minimum atomic E-state index is -0.311. The maximum Gasteiger partial charge on any atom is 0.126 e. The topological polar surface area (TPSA) is 12.0 Å². The molecule has 3 heteroatoms. The van der Waals surface area contributed by atoms with Crippen molar-refractivity contribution in [3.8, 4) is 11.1 Å². The summed E-state index contributed by atoms with van der Waals surface area (Å²) in [5.41, 5.74) is 2.99. The van der Waals surface area contributed by atoms with Gasteiger partial charge in [0.25, 0.3) is 0 Å². The summed E-state index contributed by atoms with van der Waals surface area (Å²) in [6, 6.07) is 9.98. The van der Waals surface area contributed by atoms with Gasteiger partial charge in [0.1, 0.15) is 11.6 Å². The molecular formula is C17H19F2N. The number of benzene rings is 2. The van der Waals surface area contributed by atoms with E-state index in [0.717, 1.165) is 11.1 Å². The monoisotopic (exact) mass is 275 g/mol. The Morgan fingerprint density at radius 1 is 1.05 bits per heavy atom. The minimum Gasteiger partial charge on any atom is -0.310 e. The molecule has 2 aromatic rings. The van der Waals surface area contributed by atoms with Crippen LogP contribution < -0.4 is 5.32 Å². The van der Waals surface area contributed by atoms with E-state index in [4.69, 9.17) is 0 Å². The molecular weight excluding hydrogens is 256 g/mol. The lowest BCUT2D eigenvalue weighted by molar-refractivity contribution is 0.587. The smallest absolute Gasteiger partial charge is 0.126 e. The van der Waals surface area contributed by atoms with Crippen LogP contribution in [0.1, 0.15) is 25.0 Å². The lowest BCUT2D eigenvalue weighted by Crippen LogP contribution is -2.22. The van der Waals surface area contributed by atoms with Crippen LogP contribution >= 0.6 is 0 Å². The second kappa shape index (κ2) is 6.14. The maximum atomic E-state index is 13.7. The Hall–Kier alpha value is -1.74. The van der Waals surface area contributed by atoms with Crippen LogP contribution in [0.5, 0.6) is 0 Å². The molecule has 20 heavy (non-hydrogen) atoms. The van der Waals surface area contributed by atoms with Crippen LogP contribution in [-0.2, 0) is 6.54 Å². The molecule has 0 aromatic heterocycles. The average molecular weight is 275 g/mol. The molecule has 1 nitrogen and oxygen atoms in total. The first-order valence-corrected chi connectivity index (χ1v) is 6.75. The third kappa shape index (κ3) is 3.42. The molecule has 0 radical (unpaired) electrons. The number of aryl methyl sites for hydroxylation is 1. The van der Waals surface area contributed by atoms with Crippen LogP contribution in [-0.4, -0.2) is 6.04 Å². The van der Waals surface area contributed by atoms with Gasteiger partial charge >= 0.3 is 0 Å². The third-order valence-corrected chi connectivity index (χ3v) is 3.26. The van der Waals surface area contributed by atoms with Crippen molar-refractivity contribution >= 4 is 0 Å². The molecule has 0 fully saturated rings. The number of nitrogens with one attached hydrogen (secondary N) is 1. The van der Waals surface area contributed by atoms with Gasteiger partial charge in [-0.2, -0.15) is 0 Å². The molecule has 2 rings (SSSR count). The normalized spacial score (nSPS) is 11.1. The lowest BCUT2D eigenvalue weighted by Gasteiger charge is -2.13. The number of halogens is 2. The molecule has 0 heterocycles. The Balaban J connectivity index is 2.42. The van der Waals surface area contributed by atoms with Gasteiger partial charge in [-0.3, -0.25) is 0 Å². The SMILES string of the molecule is Cc1ccc(-c2cc(F)ccc2CNC(C)C)cc1F. The summed E-state index contributed by atoms with van der Waals surface area (Å²) >= 11 is 0. The van der Waals surface area contributed by atoms with Gasteiger partial charge in [0, 0.05) is 12.6 Å². The fourth-order valence-corrected chi connectivity index (χ4v) is 2.05. The Kier molecular flexibility index (Phi) is 4.50. The molecule has 0 atom stereocenters. The van der Waals surface area contributed by atoms with Crippen LogP contribution in [0.3, 0.4) is 0 Å². The first kappa shape index (κ1) is 14.7. The van der Waals surface area contributed by atoms with Gasteiger partial charge in [-0.1, -0.05) is 32.0 Å². The van der Waals surface area contributed by atoms with Crippen LogP contribution in [0.4, 0.5) is 8.78 Å². The fraction of sp³-hybridized carbons (Fsp3) is 0.294. The van der Waals surface area contributed by atoms with Crippen molar-refractivity contribution in [3.63, 3.8) is 0 Å². The Bertz CT molecular complexity index is 606. The second-order valence-corrected chi connectivity index (χ2v) is 5.30. The van der Waals surface area contributed by atoms with Gasteiger partial charge in [-0.05, 0) is 47.4 Å². The zero-order valence-corrected chi connectivity index (χ0v) is 12.0. The third-order valence-electron chi connectivity index (χ3n) is 3.26. The molecule has 0 bridgehead atoms. The number of rotatable bonds is 4. The Labute approximate surface area is 118 Å². The summed E-state index contributed by atoms with van der Waals surface area (Å²) in [5, 5.41) is 3.30. The van der Waals surface area contributed by atoms with E-state index in [1.807, 2.05) is 6.07 Å². The van der Waals surface area contributed by atoms with Crippen molar-refractivity contribution in [2.45, 2.75) is 33.4 Å². The summed E-state index contributed by atoms with van der Waals surface area (Å²) in [5.74, 6) is -0.580. The number of hydrogen-bond acceptors (Lipinski definition) is 1. The van der Waals surface area contributed by atoms with Crippen LogP contribution in [0.15, 0.2) is 36.4 Å². The fourth-order valence-electron chi connectivity index (χ4n) is 2.05. The van der Waals surface area contributed by atoms with E-state index in [1.54, 1.807) is 19.1 Å². The highest BCUT2D eigenvalue weighted by Crippen LogP contribution is 2.26. The number of hydrogen-bond donors (Lipinski definition) is 1.